The van der Waals surface area contributed by atoms with Crippen molar-refractivity contribution in [1.82, 2.24) is 24.9 Å². The second-order valence-corrected chi connectivity index (χ2v) is 14.4. The van der Waals surface area contributed by atoms with Gasteiger partial charge in [0.15, 0.2) is 0 Å². The third-order valence-corrected chi connectivity index (χ3v) is 10.1. The molecule has 0 saturated carbocycles. The second kappa shape index (κ2) is 15.4. The number of pyridine rings is 1. The second-order valence-electron chi connectivity index (χ2n) is 11.5. The van der Waals surface area contributed by atoms with Crippen molar-refractivity contribution in [2.75, 3.05) is 13.1 Å². The Balaban J connectivity index is 1.29. The number of ether oxygens (including phenoxy) is 1. The SMILES string of the molecule is CC(C)CN(CC(O)C(Cc1ccccc1)NC(=O)OCc1cncs1)S(=O)(=O)C1=CC=C2C=C(NC(=O)c3ccncc3)N=C2C1. The number of allylic oxidation sites excluding steroid dienone is 5. The molecule has 0 spiro atoms. The van der Waals surface area contributed by atoms with Crippen LogP contribution in [-0.2, 0) is 27.8 Å². The first kappa shape index (κ1) is 33.9. The molecule has 1 aliphatic heterocycles. The number of aliphatic hydroxyl groups excluding tert-OH is 1. The number of benzene rings is 1. The number of aliphatic hydroxyl groups is 1. The van der Waals surface area contributed by atoms with Crippen LogP contribution in [0.15, 0.2) is 106 Å². The van der Waals surface area contributed by atoms with Gasteiger partial charge in [-0.2, -0.15) is 4.31 Å². The molecule has 0 saturated heterocycles. The number of aliphatic imine (C=N–C) groups is 1. The van der Waals surface area contributed by atoms with Gasteiger partial charge in [0.2, 0.25) is 10.0 Å². The number of carbonyl (C=O) groups is 2. The Hall–Kier alpha value is -4.50. The van der Waals surface area contributed by atoms with Crippen LogP contribution < -0.4 is 10.6 Å². The summed E-state index contributed by atoms with van der Waals surface area (Å²) in [5.41, 5.74) is 4.12. The van der Waals surface area contributed by atoms with Gasteiger partial charge in [0, 0.05) is 49.2 Å². The molecule has 2 atom stereocenters. The lowest BCUT2D eigenvalue weighted by Gasteiger charge is -2.31. The van der Waals surface area contributed by atoms with Gasteiger partial charge in [0.05, 0.1) is 33.2 Å². The molecule has 0 fully saturated rings. The minimum atomic E-state index is -4.07. The Bertz CT molecular complexity index is 1790. The molecule has 2 amide bonds. The normalized spacial score (nSPS) is 15.6. The number of sulfonamides is 1. The van der Waals surface area contributed by atoms with Crippen molar-refractivity contribution >= 4 is 39.1 Å². The molecule has 3 N–H and O–H groups in total. The molecular formula is C33H36N6O6S2. The van der Waals surface area contributed by atoms with Crippen LogP contribution >= 0.6 is 11.3 Å². The van der Waals surface area contributed by atoms with E-state index in [2.05, 4.69) is 25.6 Å². The topological polar surface area (TPSA) is 163 Å². The van der Waals surface area contributed by atoms with Gasteiger partial charge in [-0.25, -0.2) is 18.2 Å². The lowest BCUT2D eigenvalue weighted by molar-refractivity contribution is 0.0877. The van der Waals surface area contributed by atoms with E-state index in [9.17, 15) is 23.1 Å². The maximum Gasteiger partial charge on any atom is 0.407 e. The fourth-order valence-electron chi connectivity index (χ4n) is 5.07. The summed E-state index contributed by atoms with van der Waals surface area (Å²) in [7, 11) is -4.07. The number of hydrogen-bond donors (Lipinski definition) is 3. The largest absolute Gasteiger partial charge is 0.444 e. The number of thiazole rings is 1. The fourth-order valence-corrected chi connectivity index (χ4v) is 7.31. The molecule has 2 aliphatic rings. The molecule has 14 heteroatoms. The number of alkyl carbamates (subject to hydrolysis) is 1. The number of amides is 2. The maximum atomic E-state index is 14.1. The first-order valence-electron chi connectivity index (χ1n) is 15.0. The fraction of sp³-hybridized carbons (Fsp3) is 0.303. The van der Waals surface area contributed by atoms with E-state index in [1.807, 2.05) is 44.2 Å². The van der Waals surface area contributed by atoms with Crippen molar-refractivity contribution < 1.29 is 27.9 Å². The predicted octanol–water partition coefficient (Wildman–Crippen LogP) is 3.96. The summed E-state index contributed by atoms with van der Waals surface area (Å²) in [6, 6.07) is 11.6. The van der Waals surface area contributed by atoms with Gasteiger partial charge in [0.1, 0.15) is 12.4 Å². The quantitative estimate of drug-likeness (QED) is 0.231. The molecule has 3 heterocycles. The standard InChI is InChI=1S/C33H36N6O6S2/c1-22(2)18-39(19-30(40)29(14-23-6-4-3-5-7-23)37-33(42)45-20-26-17-35-21-46-26)47(43,44)27-9-8-25-15-31(36-28(25)16-27)38-32(41)24-10-12-34-13-11-24/h3-13,15,17,21-22,29-30,40H,14,16,18-20H2,1-2H3,(H,37,42)(H,38,41). The van der Waals surface area contributed by atoms with Crippen LogP contribution in [-0.4, -0.2) is 70.7 Å². The van der Waals surface area contributed by atoms with Crippen LogP contribution in [0.2, 0.25) is 0 Å². The molecule has 5 rings (SSSR count). The van der Waals surface area contributed by atoms with Crippen molar-refractivity contribution in [3.63, 3.8) is 0 Å². The van der Waals surface area contributed by atoms with E-state index in [1.54, 1.807) is 36.0 Å². The monoisotopic (exact) mass is 676 g/mol. The summed E-state index contributed by atoms with van der Waals surface area (Å²) in [5, 5.41) is 17.0. The van der Waals surface area contributed by atoms with E-state index in [-0.39, 0.29) is 49.3 Å². The summed E-state index contributed by atoms with van der Waals surface area (Å²) in [6.45, 7) is 3.68. The number of nitrogens with zero attached hydrogens (tertiary/aromatic N) is 4. The highest BCUT2D eigenvalue weighted by Gasteiger charge is 2.35. The molecule has 2 aromatic heterocycles. The third-order valence-electron chi connectivity index (χ3n) is 7.38. The summed E-state index contributed by atoms with van der Waals surface area (Å²) >= 11 is 1.35. The Morgan fingerprint density at radius 1 is 1.06 bits per heavy atom. The summed E-state index contributed by atoms with van der Waals surface area (Å²) in [4.78, 5) is 38.6. The number of aromatic nitrogens is 2. The highest BCUT2D eigenvalue weighted by molar-refractivity contribution is 7.93. The number of nitrogens with one attached hydrogen (secondary N) is 2. The van der Waals surface area contributed by atoms with E-state index in [0.29, 0.717) is 22.7 Å². The summed E-state index contributed by atoms with van der Waals surface area (Å²) in [6.07, 6.45) is 7.78. The Labute approximate surface area is 277 Å². The van der Waals surface area contributed by atoms with Crippen LogP contribution in [0.25, 0.3) is 0 Å². The molecule has 246 valence electrons. The van der Waals surface area contributed by atoms with Crippen molar-refractivity contribution in [2.45, 2.75) is 45.4 Å². The summed E-state index contributed by atoms with van der Waals surface area (Å²) < 4.78 is 34.8. The average molecular weight is 677 g/mol. The van der Waals surface area contributed by atoms with Crippen molar-refractivity contribution in [3.8, 4) is 0 Å². The van der Waals surface area contributed by atoms with Gasteiger partial charge in [-0.3, -0.25) is 14.8 Å². The van der Waals surface area contributed by atoms with Gasteiger partial charge in [-0.05, 0) is 42.2 Å². The third kappa shape index (κ3) is 9.07. The molecule has 2 unspecified atom stereocenters. The smallest absolute Gasteiger partial charge is 0.407 e. The zero-order valence-electron chi connectivity index (χ0n) is 25.9. The zero-order chi connectivity index (χ0) is 33.4. The van der Waals surface area contributed by atoms with E-state index < -0.39 is 28.3 Å². The van der Waals surface area contributed by atoms with Crippen LogP contribution in [0.5, 0.6) is 0 Å². The predicted molar refractivity (Wildman–Crippen MR) is 179 cm³/mol. The van der Waals surface area contributed by atoms with Crippen LogP contribution in [0.1, 0.15) is 41.1 Å². The van der Waals surface area contributed by atoms with Crippen molar-refractivity contribution in [3.05, 3.63) is 117 Å². The van der Waals surface area contributed by atoms with E-state index in [0.717, 1.165) is 10.4 Å². The molecule has 0 radical (unpaired) electrons. The van der Waals surface area contributed by atoms with Crippen LogP contribution in [0.4, 0.5) is 4.79 Å². The van der Waals surface area contributed by atoms with E-state index >= 15 is 0 Å². The average Bonchev–Trinajstić information content (AvgIpc) is 3.73. The molecule has 3 aromatic rings. The van der Waals surface area contributed by atoms with Crippen LogP contribution in [0, 0.1) is 5.92 Å². The number of fused-ring (bicyclic) bond motifs is 1. The maximum absolute atomic E-state index is 14.1. The molecule has 1 aliphatic carbocycles. The minimum absolute atomic E-state index is 0.0135. The molecule has 47 heavy (non-hydrogen) atoms. The molecule has 0 bridgehead atoms. The number of hydrogen-bond acceptors (Lipinski definition) is 10. The lowest BCUT2D eigenvalue weighted by atomic mass is 10.0. The molecule has 1 aromatic carbocycles. The van der Waals surface area contributed by atoms with E-state index in [4.69, 9.17) is 4.74 Å². The Morgan fingerprint density at radius 3 is 2.53 bits per heavy atom. The Kier molecular flexibility index (Phi) is 11.1. The Morgan fingerprint density at radius 2 is 1.83 bits per heavy atom. The summed E-state index contributed by atoms with van der Waals surface area (Å²) in [5.74, 6) is -0.101. The highest BCUT2D eigenvalue weighted by Crippen LogP contribution is 2.29. The number of rotatable bonds is 14. The van der Waals surface area contributed by atoms with Gasteiger partial charge < -0.3 is 20.5 Å². The molecular weight excluding hydrogens is 641 g/mol. The van der Waals surface area contributed by atoms with Crippen molar-refractivity contribution in [1.29, 1.82) is 0 Å². The number of carbonyl (C=O) groups excluding carboxylic acids is 2. The van der Waals surface area contributed by atoms with Gasteiger partial charge in [-0.15, -0.1) is 11.3 Å². The first-order chi connectivity index (χ1) is 22.6. The van der Waals surface area contributed by atoms with Crippen molar-refractivity contribution in [2.24, 2.45) is 10.9 Å². The molecule has 12 nitrogen and oxygen atoms in total. The van der Waals surface area contributed by atoms with Crippen LogP contribution in [0.3, 0.4) is 0 Å². The van der Waals surface area contributed by atoms with E-state index in [1.165, 1.54) is 34.1 Å². The van der Waals surface area contributed by atoms with Gasteiger partial charge >= 0.3 is 6.09 Å². The minimum Gasteiger partial charge on any atom is -0.444 e. The highest BCUT2D eigenvalue weighted by atomic mass is 32.2. The van der Waals surface area contributed by atoms with Gasteiger partial charge in [0.25, 0.3) is 5.91 Å². The lowest BCUT2D eigenvalue weighted by Crippen LogP contribution is -2.51. The van der Waals surface area contributed by atoms with Gasteiger partial charge in [-0.1, -0.05) is 50.3 Å². The zero-order valence-corrected chi connectivity index (χ0v) is 27.6. The first-order valence-corrected chi connectivity index (χ1v) is 17.3.